The number of hydrogen-bond donors (Lipinski definition) is 1. The summed E-state index contributed by atoms with van der Waals surface area (Å²) in [5, 5.41) is 3.45. The fraction of sp³-hybridized carbons (Fsp3) is 0.625. The second-order valence-corrected chi connectivity index (χ2v) is 5.19. The lowest BCUT2D eigenvalue weighted by Crippen LogP contribution is -2.27. The van der Waals surface area contributed by atoms with Gasteiger partial charge in [0.15, 0.2) is 0 Å². The molecule has 0 spiro atoms. The third-order valence-corrected chi connectivity index (χ3v) is 3.34. The molecule has 2 unspecified atom stereocenters. The summed E-state index contributed by atoms with van der Waals surface area (Å²) in [6, 6.07) is 6.89. The molecule has 0 aliphatic carbocycles. The molecule has 0 saturated heterocycles. The molecule has 1 aromatic rings. The minimum atomic E-state index is -0.155. The zero-order chi connectivity index (χ0) is 14.1. The van der Waals surface area contributed by atoms with Crippen molar-refractivity contribution in [2.24, 2.45) is 5.92 Å². The second kappa shape index (κ2) is 9.05. The van der Waals surface area contributed by atoms with Gasteiger partial charge in [-0.2, -0.15) is 0 Å². The Morgan fingerprint density at radius 3 is 2.79 bits per heavy atom. The quantitative estimate of drug-likeness (QED) is 0.692. The molecule has 19 heavy (non-hydrogen) atoms. The molecule has 0 amide bonds. The molecule has 3 heteroatoms. The molecule has 0 aliphatic heterocycles. The lowest BCUT2D eigenvalue weighted by Gasteiger charge is -2.21. The first-order chi connectivity index (χ1) is 9.15. The Bertz CT molecular complexity index is 356. The van der Waals surface area contributed by atoms with Crippen molar-refractivity contribution in [1.82, 2.24) is 5.32 Å². The van der Waals surface area contributed by atoms with Crippen molar-refractivity contribution in [2.75, 3.05) is 20.2 Å². The van der Waals surface area contributed by atoms with E-state index in [-0.39, 0.29) is 11.9 Å². The van der Waals surface area contributed by atoms with Crippen LogP contribution in [0.15, 0.2) is 24.3 Å². The lowest BCUT2D eigenvalue weighted by atomic mass is 9.94. The molecular formula is C16H26FNO. The van der Waals surface area contributed by atoms with E-state index in [1.54, 1.807) is 19.2 Å². The van der Waals surface area contributed by atoms with Crippen molar-refractivity contribution >= 4 is 0 Å². The van der Waals surface area contributed by atoms with E-state index in [2.05, 4.69) is 19.2 Å². The Morgan fingerprint density at radius 2 is 2.16 bits per heavy atom. The van der Waals surface area contributed by atoms with Gasteiger partial charge in [0.2, 0.25) is 0 Å². The van der Waals surface area contributed by atoms with Crippen LogP contribution in [0, 0.1) is 11.7 Å². The summed E-state index contributed by atoms with van der Waals surface area (Å²) < 4.78 is 18.6. The number of ether oxygens (including phenoxy) is 1. The monoisotopic (exact) mass is 267 g/mol. The van der Waals surface area contributed by atoms with Crippen LogP contribution in [0.1, 0.15) is 32.3 Å². The summed E-state index contributed by atoms with van der Waals surface area (Å²) in [4.78, 5) is 0. The van der Waals surface area contributed by atoms with E-state index in [9.17, 15) is 4.39 Å². The Labute approximate surface area is 116 Å². The number of methoxy groups -OCH3 is 1. The molecule has 1 aromatic carbocycles. The third kappa shape index (κ3) is 6.69. The molecule has 108 valence electrons. The van der Waals surface area contributed by atoms with Gasteiger partial charge >= 0.3 is 0 Å². The van der Waals surface area contributed by atoms with Crippen LogP contribution in [0.3, 0.4) is 0 Å². The molecule has 0 bridgehead atoms. The second-order valence-electron chi connectivity index (χ2n) is 5.19. The van der Waals surface area contributed by atoms with Gasteiger partial charge in [-0.1, -0.05) is 19.1 Å². The van der Waals surface area contributed by atoms with Crippen molar-refractivity contribution in [3.05, 3.63) is 35.6 Å². The van der Waals surface area contributed by atoms with Gasteiger partial charge in [0.1, 0.15) is 5.82 Å². The highest BCUT2D eigenvalue weighted by Gasteiger charge is 2.14. The first-order valence-corrected chi connectivity index (χ1v) is 7.13. The van der Waals surface area contributed by atoms with E-state index < -0.39 is 0 Å². The van der Waals surface area contributed by atoms with E-state index in [4.69, 9.17) is 4.74 Å². The van der Waals surface area contributed by atoms with Crippen LogP contribution in [-0.2, 0) is 11.2 Å². The Hall–Kier alpha value is -0.930. The summed E-state index contributed by atoms with van der Waals surface area (Å²) >= 11 is 0. The fourth-order valence-corrected chi connectivity index (χ4v) is 2.28. The van der Waals surface area contributed by atoms with Gasteiger partial charge in [-0.15, -0.1) is 0 Å². The molecule has 0 aromatic heterocycles. The molecule has 1 rings (SSSR count). The Kier molecular flexibility index (Phi) is 7.68. The molecular weight excluding hydrogens is 241 g/mol. The maximum absolute atomic E-state index is 13.2. The molecule has 2 nitrogen and oxygen atoms in total. The van der Waals surface area contributed by atoms with E-state index in [0.29, 0.717) is 5.92 Å². The normalized spacial score (nSPS) is 14.3. The largest absolute Gasteiger partial charge is 0.382 e. The average Bonchev–Trinajstić information content (AvgIpc) is 2.38. The average molecular weight is 267 g/mol. The number of hydrogen-bond acceptors (Lipinski definition) is 2. The summed E-state index contributed by atoms with van der Waals surface area (Å²) in [5.74, 6) is 0.320. The van der Waals surface area contributed by atoms with Crippen LogP contribution in [0.2, 0.25) is 0 Å². The number of halogens is 1. The summed E-state index contributed by atoms with van der Waals surface area (Å²) in [5.41, 5.74) is 1.06. The molecule has 0 aliphatic rings. The van der Waals surface area contributed by atoms with Crippen LogP contribution >= 0.6 is 0 Å². The van der Waals surface area contributed by atoms with Crippen molar-refractivity contribution < 1.29 is 9.13 Å². The minimum Gasteiger partial charge on any atom is -0.382 e. The van der Waals surface area contributed by atoms with Gasteiger partial charge in [0.05, 0.1) is 6.10 Å². The minimum absolute atomic E-state index is 0.155. The van der Waals surface area contributed by atoms with Gasteiger partial charge < -0.3 is 10.1 Å². The number of benzene rings is 1. The lowest BCUT2D eigenvalue weighted by molar-refractivity contribution is 0.0946. The molecule has 2 atom stereocenters. The highest BCUT2D eigenvalue weighted by Crippen LogP contribution is 2.16. The van der Waals surface area contributed by atoms with Gasteiger partial charge in [-0.05, 0) is 62.9 Å². The predicted molar refractivity (Wildman–Crippen MR) is 77.8 cm³/mol. The van der Waals surface area contributed by atoms with E-state index in [1.165, 1.54) is 6.07 Å². The molecule has 0 heterocycles. The summed E-state index contributed by atoms with van der Waals surface area (Å²) in [7, 11) is 1.74. The van der Waals surface area contributed by atoms with Gasteiger partial charge in [-0.25, -0.2) is 4.39 Å². The molecule has 1 N–H and O–H groups in total. The standard InChI is InChI=1S/C16H26FNO/c1-4-8-18-12-15(9-13(2)19-3)10-14-6-5-7-16(17)11-14/h5-7,11,13,15,18H,4,8-10,12H2,1-3H3. The first-order valence-electron chi connectivity index (χ1n) is 7.13. The van der Waals surface area contributed by atoms with Crippen LogP contribution < -0.4 is 5.32 Å². The molecule has 0 fully saturated rings. The van der Waals surface area contributed by atoms with E-state index in [1.807, 2.05) is 6.07 Å². The van der Waals surface area contributed by atoms with Gasteiger partial charge in [0.25, 0.3) is 0 Å². The van der Waals surface area contributed by atoms with Gasteiger partial charge in [-0.3, -0.25) is 0 Å². The highest BCUT2D eigenvalue weighted by molar-refractivity contribution is 5.17. The zero-order valence-corrected chi connectivity index (χ0v) is 12.3. The van der Waals surface area contributed by atoms with Crippen molar-refractivity contribution in [2.45, 2.75) is 39.2 Å². The fourth-order valence-electron chi connectivity index (χ4n) is 2.28. The van der Waals surface area contributed by atoms with Gasteiger partial charge in [0, 0.05) is 7.11 Å². The van der Waals surface area contributed by atoms with Crippen molar-refractivity contribution in [3.8, 4) is 0 Å². The zero-order valence-electron chi connectivity index (χ0n) is 12.3. The smallest absolute Gasteiger partial charge is 0.123 e. The van der Waals surface area contributed by atoms with E-state index in [0.717, 1.165) is 37.9 Å². The van der Waals surface area contributed by atoms with Crippen LogP contribution in [0.25, 0.3) is 0 Å². The maximum atomic E-state index is 13.2. The Balaban J connectivity index is 2.56. The number of rotatable bonds is 9. The topological polar surface area (TPSA) is 21.3 Å². The van der Waals surface area contributed by atoms with Crippen LogP contribution in [0.4, 0.5) is 4.39 Å². The SMILES string of the molecule is CCCNCC(Cc1cccc(F)c1)CC(C)OC. The Morgan fingerprint density at radius 1 is 1.37 bits per heavy atom. The van der Waals surface area contributed by atoms with E-state index >= 15 is 0 Å². The van der Waals surface area contributed by atoms with Crippen molar-refractivity contribution in [3.63, 3.8) is 0 Å². The predicted octanol–water partition coefficient (Wildman–Crippen LogP) is 3.41. The molecule has 0 radical (unpaired) electrons. The van der Waals surface area contributed by atoms with Crippen LogP contribution in [0.5, 0.6) is 0 Å². The van der Waals surface area contributed by atoms with Crippen molar-refractivity contribution in [1.29, 1.82) is 0 Å². The summed E-state index contributed by atoms with van der Waals surface area (Å²) in [6.45, 7) is 6.23. The number of nitrogens with one attached hydrogen (secondary N) is 1. The van der Waals surface area contributed by atoms with Crippen LogP contribution in [-0.4, -0.2) is 26.3 Å². The highest BCUT2D eigenvalue weighted by atomic mass is 19.1. The molecule has 0 saturated carbocycles. The maximum Gasteiger partial charge on any atom is 0.123 e. The first kappa shape index (κ1) is 16.1. The third-order valence-electron chi connectivity index (χ3n) is 3.34. The summed E-state index contributed by atoms with van der Waals surface area (Å²) in [6.07, 6.45) is 3.25.